The maximum atomic E-state index is 6.37. The molecule has 0 heterocycles. The molecule has 5 rings (SSSR count). The van der Waals surface area contributed by atoms with Crippen molar-refractivity contribution in [2.24, 2.45) is 34.8 Å². The molecule has 3 heteroatoms. The van der Waals surface area contributed by atoms with E-state index in [1.54, 1.807) is 5.56 Å². The van der Waals surface area contributed by atoms with E-state index in [0.29, 0.717) is 12.0 Å². The Labute approximate surface area is 231 Å². The number of aryl methyl sites for hydroxylation is 1. The largest absolute Gasteiger partial charge is 0.376 e. The SMILES string of the molecule is CCC1(C(=S)NC2CCC(CN)CC2)CC2CC(c3ccccc3)(CC(C)C2CCc2ccccc2)C1. The Morgan fingerprint density at radius 1 is 0.946 bits per heavy atom. The number of nitrogens with one attached hydrogen (secondary N) is 1. The summed E-state index contributed by atoms with van der Waals surface area (Å²) in [6.07, 6.45) is 13.6. The van der Waals surface area contributed by atoms with Crippen LogP contribution in [0.4, 0.5) is 0 Å². The molecule has 0 saturated heterocycles. The van der Waals surface area contributed by atoms with Crippen molar-refractivity contribution in [2.75, 3.05) is 6.54 Å². The zero-order valence-corrected chi connectivity index (χ0v) is 23.9. The van der Waals surface area contributed by atoms with E-state index in [-0.39, 0.29) is 10.8 Å². The van der Waals surface area contributed by atoms with Crippen molar-refractivity contribution >= 4 is 17.2 Å². The Morgan fingerprint density at radius 3 is 2.27 bits per heavy atom. The van der Waals surface area contributed by atoms with Crippen molar-refractivity contribution in [1.29, 1.82) is 0 Å². The summed E-state index contributed by atoms with van der Waals surface area (Å²) < 4.78 is 0. The Bertz CT molecular complexity index is 1010. The van der Waals surface area contributed by atoms with Crippen molar-refractivity contribution in [1.82, 2.24) is 5.32 Å². The van der Waals surface area contributed by atoms with Crippen molar-refractivity contribution in [3.63, 3.8) is 0 Å². The summed E-state index contributed by atoms with van der Waals surface area (Å²) in [5, 5.41) is 3.96. The highest BCUT2D eigenvalue weighted by Crippen LogP contribution is 2.61. The van der Waals surface area contributed by atoms with Gasteiger partial charge in [-0.05, 0) is 117 Å². The third kappa shape index (κ3) is 5.69. The van der Waals surface area contributed by atoms with Crippen LogP contribution in [0.25, 0.3) is 0 Å². The predicted octanol–water partition coefficient (Wildman–Crippen LogP) is 7.84. The fraction of sp³-hybridized carbons (Fsp3) is 0.618. The fourth-order valence-electron chi connectivity index (χ4n) is 8.67. The lowest BCUT2D eigenvalue weighted by atomic mass is 9.46. The molecule has 37 heavy (non-hydrogen) atoms. The van der Waals surface area contributed by atoms with Crippen molar-refractivity contribution in [3.05, 3.63) is 71.8 Å². The number of hydrogen-bond donors (Lipinski definition) is 2. The molecule has 0 spiro atoms. The second kappa shape index (κ2) is 11.6. The first-order chi connectivity index (χ1) is 18.0. The van der Waals surface area contributed by atoms with Crippen LogP contribution in [0.2, 0.25) is 0 Å². The van der Waals surface area contributed by atoms with E-state index in [0.717, 1.165) is 30.7 Å². The number of hydrogen-bond acceptors (Lipinski definition) is 2. The molecule has 0 aromatic heterocycles. The lowest BCUT2D eigenvalue weighted by Crippen LogP contribution is -2.56. The van der Waals surface area contributed by atoms with Crippen LogP contribution in [0.15, 0.2) is 60.7 Å². The second-order valence-corrected chi connectivity index (χ2v) is 13.3. The van der Waals surface area contributed by atoms with Gasteiger partial charge < -0.3 is 11.1 Å². The van der Waals surface area contributed by atoms with Gasteiger partial charge in [-0.25, -0.2) is 0 Å². The topological polar surface area (TPSA) is 38.0 Å². The normalized spacial score (nSPS) is 35.6. The predicted molar refractivity (Wildman–Crippen MR) is 161 cm³/mol. The van der Waals surface area contributed by atoms with Gasteiger partial charge in [-0.15, -0.1) is 0 Å². The second-order valence-electron chi connectivity index (χ2n) is 12.9. The van der Waals surface area contributed by atoms with E-state index in [9.17, 15) is 0 Å². The van der Waals surface area contributed by atoms with E-state index in [1.807, 2.05) is 0 Å². The molecule has 3 aliphatic carbocycles. The summed E-state index contributed by atoms with van der Waals surface area (Å²) in [5.41, 5.74) is 9.35. The third-order valence-electron chi connectivity index (χ3n) is 10.7. The molecule has 2 aromatic carbocycles. The molecule has 200 valence electrons. The van der Waals surface area contributed by atoms with E-state index in [2.05, 4.69) is 79.8 Å². The molecule has 5 unspecified atom stereocenters. The molecule has 0 radical (unpaired) electrons. The summed E-state index contributed by atoms with van der Waals surface area (Å²) >= 11 is 6.37. The number of thiocarbonyl (C=S) groups is 1. The first kappa shape index (κ1) is 26.9. The Hall–Kier alpha value is -1.71. The molecule has 3 fully saturated rings. The molecule has 2 nitrogen and oxygen atoms in total. The summed E-state index contributed by atoms with van der Waals surface area (Å²) in [6, 6.07) is 23.1. The van der Waals surface area contributed by atoms with Crippen molar-refractivity contribution < 1.29 is 0 Å². The van der Waals surface area contributed by atoms with Crippen LogP contribution in [-0.2, 0) is 11.8 Å². The highest BCUT2D eigenvalue weighted by molar-refractivity contribution is 7.80. The molecule has 0 aliphatic heterocycles. The molecular weight excluding hydrogens is 468 g/mol. The van der Waals surface area contributed by atoms with E-state index in [1.165, 1.54) is 74.8 Å². The van der Waals surface area contributed by atoms with Gasteiger partial charge in [-0.2, -0.15) is 0 Å². The Balaban J connectivity index is 1.40. The summed E-state index contributed by atoms with van der Waals surface area (Å²) in [7, 11) is 0. The minimum atomic E-state index is 0.101. The average Bonchev–Trinajstić information content (AvgIpc) is 2.94. The van der Waals surface area contributed by atoms with Gasteiger partial charge in [0.15, 0.2) is 0 Å². The summed E-state index contributed by atoms with van der Waals surface area (Å²) in [5.74, 6) is 2.94. The molecule has 5 atom stereocenters. The van der Waals surface area contributed by atoms with Crippen molar-refractivity contribution in [2.45, 2.75) is 95.9 Å². The van der Waals surface area contributed by atoms with E-state index < -0.39 is 0 Å². The van der Waals surface area contributed by atoms with E-state index >= 15 is 0 Å². The quantitative estimate of drug-likeness (QED) is 0.351. The number of rotatable bonds is 8. The standard InChI is InChI=1S/C34H48N2S/c1-3-33(32(37)36-30-17-14-27(23-35)15-18-30)21-28-22-34(24-33,29-12-8-5-9-13-29)20-25(2)31(28)19-16-26-10-6-4-7-11-26/h4-13,25,27-28,30-31H,3,14-24,35H2,1-2H3,(H,36,37). The first-order valence-electron chi connectivity index (χ1n) is 15.1. The van der Waals surface area contributed by atoms with Gasteiger partial charge >= 0.3 is 0 Å². The first-order valence-corrected chi connectivity index (χ1v) is 15.5. The minimum absolute atomic E-state index is 0.101. The highest BCUT2D eigenvalue weighted by atomic mass is 32.1. The maximum absolute atomic E-state index is 6.37. The van der Waals surface area contributed by atoms with Crippen molar-refractivity contribution in [3.8, 4) is 0 Å². The molecule has 0 amide bonds. The lowest BCUT2D eigenvalue weighted by Gasteiger charge is -2.59. The van der Waals surface area contributed by atoms with Crippen LogP contribution in [-0.4, -0.2) is 17.6 Å². The summed E-state index contributed by atoms with van der Waals surface area (Å²) in [4.78, 5) is 1.17. The zero-order valence-electron chi connectivity index (χ0n) is 23.1. The van der Waals surface area contributed by atoms with Crippen LogP contribution in [0.3, 0.4) is 0 Å². The number of nitrogens with two attached hydrogens (primary N) is 1. The van der Waals surface area contributed by atoms with Gasteiger partial charge in [-0.3, -0.25) is 0 Å². The fourth-order valence-corrected chi connectivity index (χ4v) is 9.14. The van der Waals surface area contributed by atoms with Crippen LogP contribution in [0.1, 0.15) is 89.2 Å². The van der Waals surface area contributed by atoms with Crippen LogP contribution >= 0.6 is 12.2 Å². The number of benzene rings is 2. The molecule has 3 saturated carbocycles. The molecular formula is C34H48N2S. The zero-order chi connectivity index (χ0) is 25.9. The highest BCUT2D eigenvalue weighted by Gasteiger charge is 2.55. The van der Waals surface area contributed by atoms with Crippen LogP contribution in [0.5, 0.6) is 0 Å². The molecule has 3 aliphatic rings. The minimum Gasteiger partial charge on any atom is -0.376 e. The smallest absolute Gasteiger partial charge is 0.0818 e. The van der Waals surface area contributed by atoms with Gasteiger partial charge in [0.1, 0.15) is 0 Å². The van der Waals surface area contributed by atoms with Gasteiger partial charge in [0.2, 0.25) is 0 Å². The van der Waals surface area contributed by atoms with Gasteiger partial charge in [0, 0.05) is 11.5 Å². The molecule has 3 N–H and O–H groups in total. The van der Waals surface area contributed by atoms with Crippen LogP contribution in [0, 0.1) is 29.1 Å². The average molecular weight is 517 g/mol. The Kier molecular flexibility index (Phi) is 8.41. The molecule has 2 bridgehead atoms. The van der Waals surface area contributed by atoms with Crippen LogP contribution < -0.4 is 11.1 Å². The molecule has 2 aromatic rings. The van der Waals surface area contributed by atoms with E-state index in [4.69, 9.17) is 18.0 Å². The maximum Gasteiger partial charge on any atom is 0.0818 e. The third-order valence-corrected chi connectivity index (χ3v) is 11.3. The number of fused-ring (bicyclic) bond motifs is 2. The van der Waals surface area contributed by atoms with Gasteiger partial charge in [0.05, 0.1) is 4.99 Å². The van der Waals surface area contributed by atoms with Gasteiger partial charge in [0.25, 0.3) is 0 Å². The van der Waals surface area contributed by atoms with Gasteiger partial charge in [-0.1, -0.05) is 86.7 Å². The summed E-state index contributed by atoms with van der Waals surface area (Å²) in [6.45, 7) is 5.78. The lowest BCUT2D eigenvalue weighted by molar-refractivity contribution is -0.00710. The monoisotopic (exact) mass is 516 g/mol. The Morgan fingerprint density at radius 2 is 1.62 bits per heavy atom.